The molecule has 3 nitrogen and oxygen atoms in total. The average Bonchev–Trinajstić information content (AvgIpc) is 3.37. The molecule has 3 atom stereocenters. The molecule has 4 rings (SSSR count). The van der Waals surface area contributed by atoms with E-state index in [1.54, 1.807) is 0 Å². The first-order valence-electron chi connectivity index (χ1n) is 9.72. The number of nitrogens with zero attached hydrogens (tertiary/aromatic N) is 2. The third kappa shape index (κ3) is 2.76. The summed E-state index contributed by atoms with van der Waals surface area (Å²) in [6, 6.07) is 6.64. The smallest absolute Gasteiger partial charge is 0.115 e. The van der Waals surface area contributed by atoms with Gasteiger partial charge < -0.3 is 10.0 Å². The maximum Gasteiger partial charge on any atom is 0.115 e. The van der Waals surface area contributed by atoms with Crippen LogP contribution >= 0.6 is 0 Å². The van der Waals surface area contributed by atoms with Crippen LogP contribution in [0.2, 0.25) is 0 Å². The maximum atomic E-state index is 10.1. The normalized spacial score (nSPS) is 35.0. The molecule has 0 radical (unpaired) electrons. The van der Waals surface area contributed by atoms with Crippen molar-refractivity contribution in [1.29, 1.82) is 0 Å². The van der Waals surface area contributed by atoms with Crippen molar-refractivity contribution in [3.05, 3.63) is 29.3 Å². The van der Waals surface area contributed by atoms with Crippen LogP contribution in [0.5, 0.6) is 5.75 Å². The molecule has 1 N–H and O–H groups in total. The van der Waals surface area contributed by atoms with Crippen molar-refractivity contribution in [1.82, 2.24) is 9.80 Å². The first-order chi connectivity index (χ1) is 11.5. The molecule has 3 heteroatoms. The summed E-state index contributed by atoms with van der Waals surface area (Å²) in [5, 5.41) is 10.1. The highest BCUT2D eigenvalue weighted by Crippen LogP contribution is 2.50. The molecule has 0 aromatic heterocycles. The zero-order chi connectivity index (χ0) is 16.9. The van der Waals surface area contributed by atoms with E-state index in [0.717, 1.165) is 5.92 Å². The van der Waals surface area contributed by atoms with E-state index in [2.05, 4.69) is 42.8 Å². The summed E-state index contributed by atoms with van der Waals surface area (Å²) >= 11 is 0. The van der Waals surface area contributed by atoms with Crippen molar-refractivity contribution in [2.75, 3.05) is 33.2 Å². The molecule has 0 amide bonds. The van der Waals surface area contributed by atoms with Gasteiger partial charge in [-0.1, -0.05) is 6.07 Å². The number of hydrogen-bond acceptors (Lipinski definition) is 3. The van der Waals surface area contributed by atoms with Gasteiger partial charge in [0, 0.05) is 24.5 Å². The van der Waals surface area contributed by atoms with Crippen molar-refractivity contribution < 1.29 is 5.11 Å². The second-order valence-electron chi connectivity index (χ2n) is 8.70. The zero-order valence-electron chi connectivity index (χ0n) is 15.5. The number of phenolic OH excluding ortho intramolecular Hbond substituents is 1. The Morgan fingerprint density at radius 3 is 2.71 bits per heavy atom. The Balaban J connectivity index is 1.70. The number of likely N-dealkylation sites (tertiary alicyclic amines) is 2. The first-order valence-corrected chi connectivity index (χ1v) is 9.72. The van der Waals surface area contributed by atoms with Crippen molar-refractivity contribution in [2.24, 2.45) is 11.8 Å². The molecule has 0 bridgehead atoms. The number of aromatic hydroxyl groups is 1. The van der Waals surface area contributed by atoms with Crippen LogP contribution in [-0.4, -0.2) is 54.2 Å². The van der Waals surface area contributed by atoms with E-state index in [0.29, 0.717) is 17.7 Å². The number of phenols is 1. The van der Waals surface area contributed by atoms with Crippen molar-refractivity contribution in [2.45, 2.75) is 51.0 Å². The van der Waals surface area contributed by atoms with Crippen molar-refractivity contribution in [3.63, 3.8) is 0 Å². The van der Waals surface area contributed by atoms with E-state index in [4.69, 9.17) is 0 Å². The van der Waals surface area contributed by atoms with Gasteiger partial charge in [-0.15, -0.1) is 0 Å². The lowest BCUT2D eigenvalue weighted by Crippen LogP contribution is -2.61. The zero-order valence-corrected chi connectivity index (χ0v) is 15.5. The fourth-order valence-corrected chi connectivity index (χ4v) is 5.41. The van der Waals surface area contributed by atoms with E-state index in [9.17, 15) is 5.11 Å². The fourth-order valence-electron chi connectivity index (χ4n) is 5.41. The summed E-state index contributed by atoms with van der Waals surface area (Å²) in [4.78, 5) is 5.27. The minimum Gasteiger partial charge on any atom is -0.508 e. The summed E-state index contributed by atoms with van der Waals surface area (Å²) in [5.41, 5.74) is 3.01. The van der Waals surface area contributed by atoms with Gasteiger partial charge >= 0.3 is 0 Å². The number of benzene rings is 1. The van der Waals surface area contributed by atoms with Crippen molar-refractivity contribution in [3.8, 4) is 5.75 Å². The highest BCUT2D eigenvalue weighted by Gasteiger charge is 2.51. The van der Waals surface area contributed by atoms with Gasteiger partial charge in [-0.25, -0.2) is 0 Å². The van der Waals surface area contributed by atoms with E-state index in [-0.39, 0.29) is 5.41 Å². The summed E-state index contributed by atoms with van der Waals surface area (Å²) in [7, 11) is 2.27. The Morgan fingerprint density at radius 2 is 1.96 bits per heavy atom. The van der Waals surface area contributed by atoms with Crippen LogP contribution in [0.3, 0.4) is 0 Å². The second-order valence-corrected chi connectivity index (χ2v) is 8.70. The van der Waals surface area contributed by atoms with Gasteiger partial charge in [0.25, 0.3) is 0 Å². The quantitative estimate of drug-likeness (QED) is 0.921. The molecule has 24 heavy (non-hydrogen) atoms. The van der Waals surface area contributed by atoms with Crippen LogP contribution in [0.15, 0.2) is 18.2 Å². The van der Waals surface area contributed by atoms with Crippen LogP contribution in [0.4, 0.5) is 0 Å². The van der Waals surface area contributed by atoms with Gasteiger partial charge in [-0.3, -0.25) is 4.90 Å². The summed E-state index contributed by atoms with van der Waals surface area (Å²) in [6.45, 7) is 9.54. The van der Waals surface area contributed by atoms with Crippen molar-refractivity contribution >= 4 is 0 Å². The van der Waals surface area contributed by atoms with Crippen LogP contribution in [-0.2, 0) is 5.41 Å². The molecule has 2 saturated heterocycles. The van der Waals surface area contributed by atoms with E-state index in [1.807, 2.05) is 6.07 Å². The molecule has 1 aromatic carbocycles. The van der Waals surface area contributed by atoms with Gasteiger partial charge in [0.1, 0.15) is 5.75 Å². The van der Waals surface area contributed by atoms with Crippen LogP contribution < -0.4 is 0 Å². The summed E-state index contributed by atoms with van der Waals surface area (Å²) in [6.07, 6.45) is 5.34. The molecule has 1 saturated carbocycles. The fraction of sp³-hybridized carbons (Fsp3) is 0.714. The lowest BCUT2D eigenvalue weighted by molar-refractivity contribution is -0.0173. The molecule has 2 aliphatic heterocycles. The average molecular weight is 329 g/mol. The van der Waals surface area contributed by atoms with E-state index < -0.39 is 0 Å². The summed E-state index contributed by atoms with van der Waals surface area (Å²) in [5.74, 6) is 2.05. The van der Waals surface area contributed by atoms with Gasteiger partial charge in [0.05, 0.1) is 0 Å². The molecule has 3 aliphatic rings. The SMILES string of the molecule is Cc1ccc(O)cc1[C@@]12CCN(C)C[C@H]1C(C)N(CC1CC1)CC2. The molecule has 0 spiro atoms. The maximum absolute atomic E-state index is 10.1. The van der Waals surface area contributed by atoms with E-state index >= 15 is 0 Å². The highest BCUT2D eigenvalue weighted by atomic mass is 16.3. The van der Waals surface area contributed by atoms with Gasteiger partial charge in [0.2, 0.25) is 0 Å². The highest BCUT2D eigenvalue weighted by molar-refractivity contribution is 5.41. The molecular weight excluding hydrogens is 296 g/mol. The second kappa shape index (κ2) is 6.03. The van der Waals surface area contributed by atoms with Gasteiger partial charge in [0.15, 0.2) is 0 Å². The predicted molar refractivity (Wildman–Crippen MR) is 98.5 cm³/mol. The minimum absolute atomic E-state index is 0.245. The lowest BCUT2D eigenvalue weighted by Gasteiger charge is -2.57. The number of fused-ring (bicyclic) bond motifs is 1. The third-order valence-corrected chi connectivity index (χ3v) is 7.11. The molecule has 1 unspecified atom stereocenters. The molecule has 1 aliphatic carbocycles. The lowest BCUT2D eigenvalue weighted by atomic mass is 9.59. The predicted octanol–water partition coefficient (Wildman–Crippen LogP) is 3.39. The Morgan fingerprint density at radius 1 is 1.21 bits per heavy atom. The summed E-state index contributed by atoms with van der Waals surface area (Å²) < 4.78 is 0. The Bertz CT molecular complexity index is 612. The number of piperidine rings is 2. The number of hydrogen-bond donors (Lipinski definition) is 1. The minimum atomic E-state index is 0.245. The van der Waals surface area contributed by atoms with E-state index in [1.165, 1.54) is 63.0 Å². The Kier molecular flexibility index (Phi) is 4.12. The Hall–Kier alpha value is -1.06. The van der Waals surface area contributed by atoms with Crippen LogP contribution in [0.1, 0.15) is 43.7 Å². The molecule has 3 fully saturated rings. The Labute approximate surface area is 146 Å². The van der Waals surface area contributed by atoms with Gasteiger partial charge in [-0.2, -0.15) is 0 Å². The van der Waals surface area contributed by atoms with Gasteiger partial charge in [-0.05, 0) is 94.8 Å². The number of rotatable bonds is 3. The molecule has 2 heterocycles. The molecule has 132 valence electrons. The third-order valence-electron chi connectivity index (χ3n) is 7.11. The monoisotopic (exact) mass is 328 g/mol. The van der Waals surface area contributed by atoms with Crippen LogP contribution in [0.25, 0.3) is 0 Å². The number of aryl methyl sites for hydroxylation is 1. The molecular formula is C21H32N2O. The van der Waals surface area contributed by atoms with Crippen LogP contribution in [0, 0.1) is 18.8 Å². The largest absolute Gasteiger partial charge is 0.508 e. The standard InChI is InChI=1S/C21H32N2O/c1-15-4-7-18(24)12-19(15)21-8-10-22(3)14-20(21)16(2)23(11-9-21)13-17-5-6-17/h4,7,12,16-17,20,24H,5-6,8-11,13-14H2,1-3H3/t16?,20-,21-/m0/s1. The topological polar surface area (TPSA) is 26.7 Å². The molecule has 1 aromatic rings. The first kappa shape index (κ1) is 16.4.